The maximum atomic E-state index is 6.35. The topological polar surface area (TPSA) is 64.9 Å². The molecule has 0 bridgehead atoms. The standard InChI is InChI=1S/C15H18ClN3O.ClH/c1-10(11-5-4-6-12(16)9-11)13-18-14(19-20-13)15(17)7-2-3-8-15;/h4-6,9-10H,2-3,7-8,17H2,1H3;1H. The third kappa shape index (κ3) is 3.23. The molecule has 1 atom stereocenters. The van der Waals surface area contributed by atoms with Gasteiger partial charge in [-0.25, -0.2) is 0 Å². The number of halogens is 2. The molecule has 1 heterocycles. The molecule has 1 aliphatic rings. The van der Waals surface area contributed by atoms with E-state index in [-0.39, 0.29) is 18.3 Å². The lowest BCUT2D eigenvalue weighted by atomic mass is 9.98. The molecule has 2 aromatic rings. The molecular weight excluding hydrogens is 309 g/mol. The molecule has 0 aliphatic heterocycles. The Bertz CT molecular complexity index is 608. The first-order valence-electron chi connectivity index (χ1n) is 6.97. The van der Waals surface area contributed by atoms with Crippen LogP contribution in [0.3, 0.4) is 0 Å². The molecule has 6 heteroatoms. The van der Waals surface area contributed by atoms with Crippen LogP contribution < -0.4 is 5.73 Å². The number of rotatable bonds is 3. The fourth-order valence-electron chi connectivity index (χ4n) is 2.76. The second kappa shape index (κ2) is 6.34. The maximum absolute atomic E-state index is 6.35. The Morgan fingerprint density at radius 2 is 2.05 bits per heavy atom. The van der Waals surface area contributed by atoms with Crippen LogP contribution in [0.1, 0.15) is 55.8 Å². The molecule has 114 valence electrons. The minimum absolute atomic E-state index is 0. The Morgan fingerprint density at radius 1 is 1.33 bits per heavy atom. The summed E-state index contributed by atoms with van der Waals surface area (Å²) >= 11 is 6.02. The first-order valence-corrected chi connectivity index (χ1v) is 7.35. The van der Waals surface area contributed by atoms with Gasteiger partial charge in [0.25, 0.3) is 0 Å². The van der Waals surface area contributed by atoms with Gasteiger partial charge in [0.05, 0.1) is 11.5 Å². The second-order valence-electron chi connectivity index (χ2n) is 5.60. The summed E-state index contributed by atoms with van der Waals surface area (Å²) in [4.78, 5) is 4.52. The van der Waals surface area contributed by atoms with E-state index >= 15 is 0 Å². The zero-order chi connectivity index (χ0) is 14.2. The first kappa shape index (κ1) is 16.3. The van der Waals surface area contributed by atoms with E-state index in [4.69, 9.17) is 21.9 Å². The number of nitrogens with zero attached hydrogens (tertiary/aromatic N) is 2. The van der Waals surface area contributed by atoms with Crippen molar-refractivity contribution in [3.05, 3.63) is 46.6 Å². The van der Waals surface area contributed by atoms with Crippen molar-refractivity contribution in [3.63, 3.8) is 0 Å². The molecule has 4 nitrogen and oxygen atoms in total. The van der Waals surface area contributed by atoms with Gasteiger partial charge in [0, 0.05) is 5.02 Å². The van der Waals surface area contributed by atoms with E-state index in [1.54, 1.807) is 0 Å². The summed E-state index contributed by atoms with van der Waals surface area (Å²) in [7, 11) is 0. The van der Waals surface area contributed by atoms with Crippen molar-refractivity contribution in [1.82, 2.24) is 10.1 Å². The van der Waals surface area contributed by atoms with Crippen molar-refractivity contribution in [2.75, 3.05) is 0 Å². The van der Waals surface area contributed by atoms with E-state index in [9.17, 15) is 0 Å². The van der Waals surface area contributed by atoms with Crippen LogP contribution in [0.25, 0.3) is 0 Å². The van der Waals surface area contributed by atoms with Crippen LogP contribution in [-0.2, 0) is 5.54 Å². The first-order chi connectivity index (χ1) is 9.58. The van der Waals surface area contributed by atoms with E-state index in [1.807, 2.05) is 31.2 Å². The van der Waals surface area contributed by atoms with Crippen molar-refractivity contribution >= 4 is 24.0 Å². The highest BCUT2D eigenvalue weighted by Gasteiger charge is 2.36. The van der Waals surface area contributed by atoms with Gasteiger partial charge < -0.3 is 10.3 Å². The third-order valence-electron chi connectivity index (χ3n) is 4.10. The zero-order valence-corrected chi connectivity index (χ0v) is 13.5. The highest BCUT2D eigenvalue weighted by atomic mass is 35.5. The van der Waals surface area contributed by atoms with E-state index in [1.165, 1.54) is 0 Å². The van der Waals surface area contributed by atoms with Crippen LogP contribution in [-0.4, -0.2) is 10.1 Å². The zero-order valence-electron chi connectivity index (χ0n) is 11.9. The average Bonchev–Trinajstić information content (AvgIpc) is 3.07. The highest BCUT2D eigenvalue weighted by molar-refractivity contribution is 6.30. The van der Waals surface area contributed by atoms with Gasteiger partial charge in [-0.2, -0.15) is 4.98 Å². The smallest absolute Gasteiger partial charge is 0.233 e. The summed E-state index contributed by atoms with van der Waals surface area (Å²) in [5.41, 5.74) is 7.00. The van der Waals surface area contributed by atoms with Crippen LogP contribution in [0, 0.1) is 0 Å². The van der Waals surface area contributed by atoms with Gasteiger partial charge in [0.15, 0.2) is 5.82 Å². The van der Waals surface area contributed by atoms with Crippen LogP contribution >= 0.6 is 24.0 Å². The Balaban J connectivity index is 0.00000161. The molecular formula is C15H19Cl2N3O. The predicted octanol–water partition coefficient (Wildman–Crippen LogP) is 4.02. The molecule has 1 unspecified atom stereocenters. The molecule has 0 radical (unpaired) electrons. The van der Waals surface area contributed by atoms with Crippen LogP contribution in [0.5, 0.6) is 0 Å². The van der Waals surface area contributed by atoms with Crippen LogP contribution in [0.15, 0.2) is 28.8 Å². The fourth-order valence-corrected chi connectivity index (χ4v) is 2.96. The molecule has 1 fully saturated rings. The molecule has 1 aromatic carbocycles. The van der Waals surface area contributed by atoms with Crippen molar-refractivity contribution in [1.29, 1.82) is 0 Å². The fraction of sp³-hybridized carbons (Fsp3) is 0.467. The van der Waals surface area contributed by atoms with Gasteiger partial charge in [0.1, 0.15) is 0 Å². The number of nitrogens with two attached hydrogens (primary N) is 1. The number of hydrogen-bond acceptors (Lipinski definition) is 4. The Morgan fingerprint density at radius 3 is 2.71 bits per heavy atom. The minimum Gasteiger partial charge on any atom is -0.339 e. The summed E-state index contributed by atoms with van der Waals surface area (Å²) in [6.45, 7) is 2.03. The molecule has 0 spiro atoms. The van der Waals surface area contributed by atoms with Crippen LogP contribution in [0.4, 0.5) is 0 Å². The average molecular weight is 328 g/mol. The summed E-state index contributed by atoms with van der Waals surface area (Å²) < 4.78 is 5.41. The molecule has 1 aliphatic carbocycles. The molecule has 2 N–H and O–H groups in total. The summed E-state index contributed by atoms with van der Waals surface area (Å²) in [5, 5.41) is 4.80. The number of hydrogen-bond donors (Lipinski definition) is 1. The highest BCUT2D eigenvalue weighted by Crippen LogP contribution is 2.35. The summed E-state index contributed by atoms with van der Waals surface area (Å²) in [6, 6.07) is 7.70. The van der Waals surface area contributed by atoms with Gasteiger partial charge in [-0.3, -0.25) is 0 Å². The van der Waals surface area contributed by atoms with E-state index in [0.717, 1.165) is 31.2 Å². The molecule has 3 rings (SSSR count). The predicted molar refractivity (Wildman–Crippen MR) is 84.8 cm³/mol. The van der Waals surface area contributed by atoms with E-state index < -0.39 is 5.54 Å². The Labute approximate surface area is 135 Å². The van der Waals surface area contributed by atoms with E-state index in [2.05, 4.69) is 10.1 Å². The molecule has 1 aromatic heterocycles. The monoisotopic (exact) mass is 327 g/mol. The Kier molecular flexibility index (Phi) is 4.91. The summed E-state index contributed by atoms with van der Waals surface area (Å²) in [6.07, 6.45) is 4.11. The summed E-state index contributed by atoms with van der Waals surface area (Å²) in [5.74, 6) is 1.25. The van der Waals surface area contributed by atoms with Crippen molar-refractivity contribution in [2.24, 2.45) is 5.73 Å². The second-order valence-corrected chi connectivity index (χ2v) is 6.03. The molecule has 0 amide bonds. The van der Waals surface area contributed by atoms with Gasteiger partial charge in [0.2, 0.25) is 5.89 Å². The van der Waals surface area contributed by atoms with Crippen molar-refractivity contribution in [2.45, 2.75) is 44.1 Å². The SMILES string of the molecule is CC(c1cccc(Cl)c1)c1nc(C2(N)CCCC2)no1.Cl. The largest absolute Gasteiger partial charge is 0.339 e. The van der Waals surface area contributed by atoms with Crippen LogP contribution in [0.2, 0.25) is 5.02 Å². The van der Waals surface area contributed by atoms with Gasteiger partial charge in [-0.15, -0.1) is 12.4 Å². The van der Waals surface area contributed by atoms with E-state index in [0.29, 0.717) is 16.7 Å². The van der Waals surface area contributed by atoms with Crippen molar-refractivity contribution in [3.8, 4) is 0 Å². The number of benzene rings is 1. The maximum Gasteiger partial charge on any atom is 0.233 e. The lowest BCUT2D eigenvalue weighted by Crippen LogP contribution is -2.34. The molecule has 1 saturated carbocycles. The normalized spacial score (nSPS) is 18.2. The Hall–Kier alpha value is -1.10. The van der Waals surface area contributed by atoms with Gasteiger partial charge in [-0.05, 0) is 37.5 Å². The van der Waals surface area contributed by atoms with Gasteiger partial charge in [-0.1, -0.05) is 41.7 Å². The van der Waals surface area contributed by atoms with Gasteiger partial charge >= 0.3 is 0 Å². The lowest BCUT2D eigenvalue weighted by Gasteiger charge is -2.17. The van der Waals surface area contributed by atoms with Crippen molar-refractivity contribution < 1.29 is 4.52 Å². The number of aromatic nitrogens is 2. The quantitative estimate of drug-likeness (QED) is 0.924. The molecule has 21 heavy (non-hydrogen) atoms. The third-order valence-corrected chi connectivity index (χ3v) is 4.34. The lowest BCUT2D eigenvalue weighted by molar-refractivity contribution is 0.344. The minimum atomic E-state index is -0.407. The molecule has 0 saturated heterocycles.